The molecule has 7 heterocycles. The number of hydrogen-bond acceptors (Lipinski definition) is 15. The third-order valence-electron chi connectivity index (χ3n) is 13.7. The summed E-state index contributed by atoms with van der Waals surface area (Å²) in [5, 5.41) is 29.8. The molecular weight excluding hydrogens is 1600 g/mol. The normalized spacial score (nSPS) is 16.7. The fourth-order valence-corrected chi connectivity index (χ4v) is 10.7. The van der Waals surface area contributed by atoms with Gasteiger partial charge in [0.15, 0.2) is 5.82 Å². The van der Waals surface area contributed by atoms with E-state index in [4.69, 9.17) is 72.8 Å². The van der Waals surface area contributed by atoms with Crippen molar-refractivity contribution in [1.82, 2.24) is 19.1 Å². The van der Waals surface area contributed by atoms with Crippen LogP contribution in [0.4, 0.5) is 34.4 Å². The monoisotopic (exact) mass is 1670 g/mol. The Labute approximate surface area is 658 Å². The van der Waals surface area contributed by atoms with E-state index in [-0.39, 0.29) is 94.9 Å². The SMILES string of the molecule is CC(C)(C)O.CC(C)(C)[O-].CC1OCc2c1c1ncnc(N)c1n2-c1ccc(Br)cc1.N#CCNc1ccc(Br)cc1.Nc1ccc(Br)cc1.[C-]#[N+]C1C(=O)COC1C.[C-]#[N+]CN(C1=C([N+]#[C-])C(C)OC1)c1ccc(Br)cc1.[C-]#[N+]c1c(N)c2c(n1-c1ccc(Br)cc1)COC2C.[K+]. The van der Waals surface area contributed by atoms with Crippen LogP contribution in [0.2, 0.25) is 0 Å². The average Bonchev–Trinajstić information content (AvgIpc) is 1.59. The van der Waals surface area contributed by atoms with Crippen molar-refractivity contribution in [2.75, 3.05) is 53.8 Å². The number of Topliss-reactive ketones (excluding diaryl/α,β-unsaturated/α-hetero) is 1. The van der Waals surface area contributed by atoms with Crippen LogP contribution in [-0.2, 0) is 37.0 Å². The van der Waals surface area contributed by atoms with E-state index in [0.29, 0.717) is 49.4 Å². The smallest absolute Gasteiger partial charge is 0.850 e. The van der Waals surface area contributed by atoms with Gasteiger partial charge < -0.3 is 65.9 Å². The summed E-state index contributed by atoms with van der Waals surface area (Å²) in [6, 6.07) is 40.3. The number of fused-ring (bicyclic) bond motifs is 4. The molecular formula is C71H76Br5KN14O7. The molecule has 8 aromatic rings. The van der Waals surface area contributed by atoms with Gasteiger partial charge in [0.25, 0.3) is 12.5 Å². The Morgan fingerprint density at radius 1 is 0.663 bits per heavy atom. The number of halogens is 5. The van der Waals surface area contributed by atoms with Crippen LogP contribution < -0.4 is 83.9 Å². The van der Waals surface area contributed by atoms with Gasteiger partial charge in [-0.05, 0) is 170 Å². The van der Waals surface area contributed by atoms with Crippen LogP contribution in [0, 0.1) is 37.6 Å². The zero-order chi connectivity index (χ0) is 71.9. The van der Waals surface area contributed by atoms with Gasteiger partial charge in [-0.25, -0.2) is 28.0 Å². The summed E-state index contributed by atoms with van der Waals surface area (Å²) >= 11 is 16.9. The molecule has 1 saturated heterocycles. The van der Waals surface area contributed by atoms with E-state index in [1.54, 1.807) is 48.5 Å². The van der Waals surface area contributed by atoms with Crippen molar-refractivity contribution >= 4 is 131 Å². The van der Waals surface area contributed by atoms with Crippen LogP contribution in [0.15, 0.2) is 161 Å². The number of carbonyl (C=O) groups excluding carboxylic acids is 1. The third-order valence-corrected chi connectivity index (χ3v) is 16.3. The summed E-state index contributed by atoms with van der Waals surface area (Å²) in [5.41, 5.74) is 28.8. The van der Waals surface area contributed by atoms with Crippen LogP contribution in [0.3, 0.4) is 0 Å². The first kappa shape index (κ1) is 84.1. The predicted octanol–water partition coefficient (Wildman–Crippen LogP) is 13.6. The van der Waals surface area contributed by atoms with Gasteiger partial charge in [-0.15, -0.1) is 5.60 Å². The maximum absolute atomic E-state index is 10.7. The van der Waals surface area contributed by atoms with Crippen molar-refractivity contribution in [2.45, 2.75) is 124 Å². The number of anilines is 5. The van der Waals surface area contributed by atoms with E-state index < -0.39 is 17.2 Å². The predicted molar refractivity (Wildman–Crippen MR) is 398 cm³/mol. The number of benzene rings is 5. The fraction of sp³-hybridized carbons (Fsp3) is 0.324. The molecule has 5 atom stereocenters. The quantitative estimate of drug-likeness (QED) is 0.0430. The van der Waals surface area contributed by atoms with E-state index in [1.165, 1.54) is 6.33 Å². The van der Waals surface area contributed by atoms with E-state index >= 15 is 0 Å². The van der Waals surface area contributed by atoms with Gasteiger partial charge in [0.05, 0.1) is 66.8 Å². The van der Waals surface area contributed by atoms with Crippen molar-refractivity contribution in [3.8, 4) is 17.4 Å². The summed E-state index contributed by atoms with van der Waals surface area (Å²) in [4.78, 5) is 34.8. The van der Waals surface area contributed by atoms with Crippen molar-refractivity contribution in [2.24, 2.45) is 0 Å². The number of hydrogen-bond donors (Lipinski definition) is 5. The van der Waals surface area contributed by atoms with E-state index in [0.717, 1.165) is 90.0 Å². The van der Waals surface area contributed by atoms with Crippen molar-refractivity contribution < 1.29 is 85.3 Å². The number of nitrogens with zero attached hydrogens (tertiary/aromatic N) is 10. The molecule has 8 N–H and O–H groups in total. The zero-order valence-corrected chi connectivity index (χ0v) is 67.3. The Hall–Kier alpha value is -6.34. The molecule has 0 aliphatic carbocycles. The Morgan fingerprint density at radius 3 is 1.54 bits per heavy atom. The zero-order valence-electron chi connectivity index (χ0n) is 56.2. The first-order chi connectivity index (χ1) is 45.8. The molecule has 0 amide bonds. The Balaban J connectivity index is 0.000000249. The molecule has 1 fully saturated rings. The van der Waals surface area contributed by atoms with E-state index in [9.17, 15) is 9.90 Å². The number of nitrogen functional groups attached to an aromatic ring is 3. The van der Waals surface area contributed by atoms with Crippen LogP contribution in [0.25, 0.3) is 41.8 Å². The largest absolute Gasteiger partial charge is 1.00 e. The molecule has 98 heavy (non-hydrogen) atoms. The molecule has 12 rings (SSSR count). The van der Waals surface area contributed by atoms with Gasteiger partial charge in [-0.1, -0.05) is 107 Å². The summed E-state index contributed by atoms with van der Waals surface area (Å²) in [5.74, 6) is 0.879. The molecule has 508 valence electrons. The summed E-state index contributed by atoms with van der Waals surface area (Å²) < 4.78 is 30.9. The summed E-state index contributed by atoms with van der Waals surface area (Å²) in [6.07, 6.45) is 1.08. The minimum atomic E-state index is -0.750. The van der Waals surface area contributed by atoms with Gasteiger partial charge >= 0.3 is 57.4 Å². The third kappa shape index (κ3) is 25.4. The second-order valence-corrected chi connectivity index (χ2v) is 28.1. The van der Waals surface area contributed by atoms with Crippen molar-refractivity contribution in [3.05, 3.63) is 230 Å². The van der Waals surface area contributed by atoms with Crippen LogP contribution >= 0.6 is 79.6 Å². The topological polar surface area (TPSA) is 267 Å². The minimum absolute atomic E-state index is 0. The number of nitrogens with two attached hydrogens (primary N) is 3. The Bertz CT molecular complexity index is 4140. The second-order valence-electron chi connectivity index (χ2n) is 23.6. The van der Waals surface area contributed by atoms with Crippen molar-refractivity contribution in [1.29, 1.82) is 5.26 Å². The fourth-order valence-electron chi connectivity index (χ4n) is 9.42. The van der Waals surface area contributed by atoms with Gasteiger partial charge in [0.2, 0.25) is 11.5 Å². The maximum atomic E-state index is 10.7. The number of carbonyl (C=O) groups is 1. The maximum Gasteiger partial charge on any atom is 1.00 e. The molecule has 0 bridgehead atoms. The number of rotatable bonds is 7. The molecule has 3 aromatic heterocycles. The summed E-state index contributed by atoms with van der Waals surface area (Å²) in [7, 11) is 0. The number of ether oxygens (including phenoxy) is 4. The number of aliphatic hydroxyl groups is 1. The molecule has 4 aliphatic heterocycles. The number of ketones is 1. The number of aromatic nitrogens is 4. The molecule has 0 radical (unpaired) electrons. The first-order valence-corrected chi connectivity index (χ1v) is 34.0. The van der Waals surface area contributed by atoms with E-state index in [1.807, 2.05) is 158 Å². The number of nitrogens with one attached hydrogen (secondary N) is 1. The number of nitriles is 1. The van der Waals surface area contributed by atoms with E-state index in [2.05, 4.69) is 119 Å². The molecule has 5 aromatic carbocycles. The van der Waals surface area contributed by atoms with Gasteiger partial charge in [-0.2, -0.15) is 5.26 Å². The molecule has 21 nitrogen and oxygen atoms in total. The molecule has 4 aliphatic rings. The first-order valence-electron chi connectivity index (χ1n) is 30.0. The Morgan fingerprint density at radius 2 is 1.11 bits per heavy atom. The van der Waals surface area contributed by atoms with Gasteiger partial charge in [0, 0.05) is 56.2 Å². The van der Waals surface area contributed by atoms with Crippen molar-refractivity contribution in [3.63, 3.8) is 0 Å². The second kappa shape index (κ2) is 40.2. The molecule has 0 spiro atoms. The summed E-state index contributed by atoms with van der Waals surface area (Å²) in [6.45, 7) is 48.1. The Kier molecular flexibility index (Phi) is 34.5. The van der Waals surface area contributed by atoms with Crippen LogP contribution in [-0.4, -0.2) is 85.9 Å². The van der Waals surface area contributed by atoms with Crippen LogP contribution in [0.1, 0.15) is 104 Å². The van der Waals surface area contributed by atoms with Gasteiger partial charge in [-0.3, -0.25) is 19.1 Å². The molecule has 27 heteroatoms. The standard InChI is InChI=1S/C15H13BrN4O.2C14H12BrN3O.C8H7BrN2.C6H6BrN.C6H7NO2.C4H10O.C4H9O.K/c1-8-12-11(6-21-8)20(10-4-2-9(16)3-5-10)14-13(12)18-7-19-15(14)17;1-8-12-11(7-19-8)18(14(17-2)13(12)16)10-5-3-9(15)4-6-10;1-10-14(17-3)13(8-19-10)18(9-16-2)12-6-4-11(15)5-7-12;9-7-1-3-8(4-2-7)11-6-5-10;7-5-1-3-6(8)4-2-5;1-4-6(7-2)5(8)3-9-4;2*1-4(2,3)5;/h2-5,7-8H,6H2,1H3,(H2,17,18,19);3-6,8H,7,16H2,1H3;4-7,10H,8-9H2,1H3;1-4,11H,6H2;1-4H,8H2;4,6H,3H2,1H3;5H,1-3H3;1-3H3;/q;;;;;;;-1;+1. The van der Waals surface area contributed by atoms with Gasteiger partial charge in [0.1, 0.15) is 54.6 Å². The molecule has 5 unspecified atom stereocenters. The average molecular weight is 1680 g/mol. The molecule has 0 saturated carbocycles. The minimum Gasteiger partial charge on any atom is -0.850 e. The van der Waals surface area contributed by atoms with Crippen LogP contribution in [0.5, 0.6) is 0 Å².